The smallest absolute Gasteiger partial charge is 0.260 e. The number of ether oxygens (including phenoxy) is 1. The third-order valence-electron chi connectivity index (χ3n) is 7.20. The van der Waals surface area contributed by atoms with Gasteiger partial charge in [0.2, 0.25) is 0 Å². The maximum atomic E-state index is 12.7. The Kier molecular flexibility index (Phi) is 8.97. The van der Waals surface area contributed by atoms with Gasteiger partial charge in [0.15, 0.2) is 14.9 Å². The van der Waals surface area contributed by atoms with Gasteiger partial charge in [0.25, 0.3) is 11.8 Å². The van der Waals surface area contributed by atoms with Crippen LogP contribution in [0.3, 0.4) is 0 Å². The van der Waals surface area contributed by atoms with E-state index < -0.39 is 14.4 Å². The number of benzene rings is 2. The molecule has 0 radical (unpaired) electrons. The highest BCUT2D eigenvalue weighted by molar-refractivity contribution is 6.74. The molecule has 1 fully saturated rings. The van der Waals surface area contributed by atoms with E-state index in [1.807, 2.05) is 36.4 Å². The van der Waals surface area contributed by atoms with Crippen LogP contribution in [-0.4, -0.2) is 62.0 Å². The molecule has 2 aromatic rings. The average molecular weight is 513 g/mol. The first-order chi connectivity index (χ1) is 16.9. The Morgan fingerprint density at radius 1 is 1.03 bits per heavy atom. The lowest BCUT2D eigenvalue weighted by Gasteiger charge is -2.38. The average Bonchev–Trinajstić information content (AvgIpc) is 3.20. The quantitative estimate of drug-likeness (QED) is 0.493. The fourth-order valence-electron chi connectivity index (χ4n) is 3.75. The summed E-state index contributed by atoms with van der Waals surface area (Å²) in [6.45, 7) is 13.7. The van der Waals surface area contributed by atoms with Crippen LogP contribution >= 0.6 is 0 Å². The molecule has 1 aliphatic heterocycles. The summed E-state index contributed by atoms with van der Waals surface area (Å²) in [6.07, 6.45) is -0.121. The van der Waals surface area contributed by atoms with Crippen molar-refractivity contribution in [2.75, 3.05) is 19.7 Å². The van der Waals surface area contributed by atoms with Gasteiger partial charge in [-0.1, -0.05) is 52.0 Å². The van der Waals surface area contributed by atoms with E-state index in [0.717, 1.165) is 12.0 Å². The van der Waals surface area contributed by atoms with Crippen LogP contribution < -0.4 is 10.1 Å². The summed E-state index contributed by atoms with van der Waals surface area (Å²) in [4.78, 5) is 26.7. The van der Waals surface area contributed by atoms with E-state index in [9.17, 15) is 14.7 Å². The van der Waals surface area contributed by atoms with Crippen LogP contribution in [0.4, 0.5) is 0 Å². The largest absolute Gasteiger partial charge is 0.484 e. The summed E-state index contributed by atoms with van der Waals surface area (Å²) in [5.74, 6) is 0.274. The highest BCUT2D eigenvalue weighted by Crippen LogP contribution is 2.38. The first kappa shape index (κ1) is 27.9. The first-order valence-electron chi connectivity index (χ1n) is 12.6. The molecule has 0 spiro atoms. The lowest BCUT2D eigenvalue weighted by atomic mass is 10.1. The van der Waals surface area contributed by atoms with Crippen LogP contribution in [0.5, 0.6) is 5.75 Å². The summed E-state index contributed by atoms with van der Waals surface area (Å²) in [7, 11) is -2.05. The molecular weight excluding hydrogens is 472 g/mol. The Bertz CT molecular complexity index is 1030. The van der Waals surface area contributed by atoms with E-state index in [1.165, 1.54) is 5.56 Å². The van der Waals surface area contributed by atoms with Crippen molar-refractivity contribution in [1.82, 2.24) is 10.2 Å². The van der Waals surface area contributed by atoms with E-state index in [-0.39, 0.29) is 36.1 Å². The molecule has 0 unspecified atom stereocenters. The Hall–Kier alpha value is -2.68. The molecule has 7 nitrogen and oxygen atoms in total. The maximum absolute atomic E-state index is 12.7. The fraction of sp³-hybridized carbons (Fsp3) is 0.500. The molecular formula is C28H40N2O5Si. The minimum absolute atomic E-state index is 0.0302. The highest BCUT2D eigenvalue weighted by atomic mass is 28.4. The van der Waals surface area contributed by atoms with Gasteiger partial charge in [-0.05, 0) is 59.9 Å². The minimum Gasteiger partial charge on any atom is -0.484 e. The van der Waals surface area contributed by atoms with Crippen LogP contribution in [0.2, 0.25) is 18.1 Å². The lowest BCUT2D eigenvalue weighted by molar-refractivity contribution is -0.132. The molecule has 1 aliphatic rings. The zero-order valence-electron chi connectivity index (χ0n) is 22.3. The van der Waals surface area contributed by atoms with Crippen LogP contribution in [-0.2, 0) is 22.2 Å². The van der Waals surface area contributed by atoms with Crippen molar-refractivity contribution >= 4 is 20.1 Å². The van der Waals surface area contributed by atoms with Gasteiger partial charge in [0.1, 0.15) is 5.75 Å². The second-order valence-corrected chi connectivity index (χ2v) is 15.7. The normalized spacial score (nSPS) is 18.2. The van der Waals surface area contributed by atoms with Crippen molar-refractivity contribution in [2.24, 2.45) is 0 Å². The Labute approximate surface area is 215 Å². The number of amides is 2. The summed E-state index contributed by atoms with van der Waals surface area (Å²) in [6, 6.07) is 14.9. The van der Waals surface area contributed by atoms with E-state index in [2.05, 4.69) is 46.1 Å². The zero-order valence-corrected chi connectivity index (χ0v) is 23.3. The van der Waals surface area contributed by atoms with Gasteiger partial charge in [0.05, 0.1) is 12.2 Å². The zero-order chi connectivity index (χ0) is 26.5. The predicted molar refractivity (Wildman–Crippen MR) is 144 cm³/mol. The molecule has 0 aliphatic carbocycles. The summed E-state index contributed by atoms with van der Waals surface area (Å²) < 4.78 is 12.0. The van der Waals surface area contributed by atoms with E-state index in [4.69, 9.17) is 9.16 Å². The monoisotopic (exact) mass is 512 g/mol. The standard InChI is InChI=1S/C28H40N2O5Si/c1-7-20-8-12-22(13-9-20)27(33)29-16-21-10-14-23(15-11-21)34-19-26(32)30-17-24(31)25(18-30)35-36(5,6)28(2,3)4/h8-15,24-25,31H,7,16-19H2,1-6H3,(H,29,33)/t24-,25-/m1/s1. The molecule has 2 aromatic carbocycles. The number of hydrogen-bond acceptors (Lipinski definition) is 5. The Morgan fingerprint density at radius 2 is 1.64 bits per heavy atom. The van der Waals surface area contributed by atoms with Crippen molar-refractivity contribution in [3.8, 4) is 5.75 Å². The minimum atomic E-state index is -2.05. The summed E-state index contributed by atoms with van der Waals surface area (Å²) in [5.41, 5.74) is 2.76. The van der Waals surface area contributed by atoms with Gasteiger partial charge in [-0.15, -0.1) is 0 Å². The van der Waals surface area contributed by atoms with Gasteiger partial charge >= 0.3 is 0 Å². The van der Waals surface area contributed by atoms with Crippen molar-refractivity contribution < 1.29 is 23.9 Å². The number of aliphatic hydroxyl groups is 1. The van der Waals surface area contributed by atoms with Crippen LogP contribution in [0.15, 0.2) is 48.5 Å². The third-order valence-corrected chi connectivity index (χ3v) is 11.7. The molecule has 1 heterocycles. The predicted octanol–water partition coefficient (Wildman–Crippen LogP) is 4.15. The van der Waals surface area contributed by atoms with E-state index >= 15 is 0 Å². The molecule has 2 atom stereocenters. The van der Waals surface area contributed by atoms with Crippen molar-refractivity contribution in [2.45, 2.75) is 71.0 Å². The molecule has 8 heteroatoms. The SMILES string of the molecule is CCc1ccc(C(=O)NCc2ccc(OCC(=O)N3C[C@@H](O)[C@H](O[Si](C)(C)C(C)(C)C)C3)cc2)cc1. The lowest BCUT2D eigenvalue weighted by Crippen LogP contribution is -2.47. The van der Waals surface area contributed by atoms with Crippen LogP contribution in [0, 0.1) is 0 Å². The fourth-order valence-corrected chi connectivity index (χ4v) is 5.09. The summed E-state index contributed by atoms with van der Waals surface area (Å²) >= 11 is 0. The highest BCUT2D eigenvalue weighted by Gasteiger charge is 2.44. The number of nitrogens with zero attached hydrogens (tertiary/aromatic N) is 1. The second kappa shape index (κ2) is 11.6. The molecule has 196 valence electrons. The molecule has 2 amide bonds. The van der Waals surface area contributed by atoms with Crippen molar-refractivity contribution in [3.05, 3.63) is 65.2 Å². The van der Waals surface area contributed by atoms with Gasteiger partial charge < -0.3 is 24.5 Å². The van der Waals surface area contributed by atoms with Crippen LogP contribution in [0.25, 0.3) is 0 Å². The van der Waals surface area contributed by atoms with E-state index in [1.54, 1.807) is 17.0 Å². The molecule has 1 saturated heterocycles. The van der Waals surface area contributed by atoms with Crippen molar-refractivity contribution in [3.63, 3.8) is 0 Å². The number of rotatable bonds is 9. The number of likely N-dealkylation sites (tertiary alicyclic amines) is 1. The molecule has 0 bridgehead atoms. The van der Waals surface area contributed by atoms with Gasteiger partial charge in [-0.25, -0.2) is 0 Å². The number of carbonyl (C=O) groups excluding carboxylic acids is 2. The number of β-amino-alcohol motifs (C(OH)–C–C–N with tert-alkyl or cyclic N) is 1. The molecule has 3 rings (SSSR count). The van der Waals surface area contributed by atoms with Crippen LogP contribution in [0.1, 0.15) is 49.2 Å². The molecule has 0 saturated carbocycles. The number of hydrogen-bond donors (Lipinski definition) is 2. The van der Waals surface area contributed by atoms with Gasteiger partial charge in [-0.2, -0.15) is 0 Å². The second-order valence-electron chi connectivity index (χ2n) is 10.9. The van der Waals surface area contributed by atoms with Gasteiger partial charge in [-0.3, -0.25) is 9.59 Å². The van der Waals surface area contributed by atoms with E-state index in [0.29, 0.717) is 24.4 Å². The van der Waals surface area contributed by atoms with Gasteiger partial charge in [0, 0.05) is 25.2 Å². The Balaban J connectivity index is 1.45. The first-order valence-corrected chi connectivity index (χ1v) is 15.5. The number of aryl methyl sites for hydroxylation is 1. The topological polar surface area (TPSA) is 88.1 Å². The molecule has 36 heavy (non-hydrogen) atoms. The van der Waals surface area contributed by atoms with Crippen molar-refractivity contribution in [1.29, 1.82) is 0 Å². The number of nitrogens with one attached hydrogen (secondary N) is 1. The molecule has 0 aromatic heterocycles. The maximum Gasteiger partial charge on any atom is 0.260 e. The molecule has 2 N–H and O–H groups in total. The Morgan fingerprint density at radius 3 is 2.22 bits per heavy atom. The number of carbonyl (C=O) groups is 2. The third kappa shape index (κ3) is 7.18. The number of aliphatic hydroxyl groups excluding tert-OH is 1. The summed E-state index contributed by atoms with van der Waals surface area (Å²) in [5, 5.41) is 13.4.